The Hall–Kier alpha value is -0.610. The van der Waals surface area contributed by atoms with Crippen LogP contribution in [0, 0.1) is 0 Å². The highest BCUT2D eigenvalue weighted by molar-refractivity contribution is 5.77. The lowest BCUT2D eigenvalue weighted by atomic mass is 10.3. The fraction of sp³-hybridized carbons (Fsp3) is 0.750. The molecule has 46 valence electrons. The summed E-state index contributed by atoms with van der Waals surface area (Å²) in [6, 6.07) is 0. The van der Waals surface area contributed by atoms with Gasteiger partial charge in [0.1, 0.15) is 12.7 Å². The van der Waals surface area contributed by atoms with Gasteiger partial charge in [0.25, 0.3) is 0 Å². The molecule has 0 spiro atoms. The smallest absolute Gasteiger partial charge is 0.337 e. The summed E-state index contributed by atoms with van der Waals surface area (Å²) in [4.78, 5) is 10.2. The second kappa shape index (κ2) is 1.72. The molecule has 0 amide bonds. The van der Waals surface area contributed by atoms with E-state index in [-0.39, 0.29) is 6.61 Å². The lowest BCUT2D eigenvalue weighted by Gasteiger charge is -1.97. The molecule has 0 unspecified atom stereocenters. The van der Waals surface area contributed by atoms with Gasteiger partial charge in [-0.1, -0.05) is 0 Å². The fourth-order valence-electron chi connectivity index (χ4n) is 0.501. The highest BCUT2D eigenvalue weighted by Crippen LogP contribution is 2.05. The normalized spacial score (nSPS) is 37.5. The van der Waals surface area contributed by atoms with E-state index >= 15 is 0 Å². The molecule has 0 aromatic rings. The Balaban J connectivity index is 2.56. The fourth-order valence-corrected chi connectivity index (χ4v) is 0.501. The van der Waals surface area contributed by atoms with Crippen LogP contribution >= 0.6 is 0 Å². The highest BCUT2D eigenvalue weighted by atomic mass is 16.6. The van der Waals surface area contributed by atoms with Crippen LogP contribution in [0.4, 0.5) is 0 Å². The largest absolute Gasteiger partial charge is 0.461 e. The van der Waals surface area contributed by atoms with E-state index < -0.39 is 18.2 Å². The van der Waals surface area contributed by atoms with Crippen LogP contribution in [0.15, 0.2) is 0 Å². The van der Waals surface area contributed by atoms with Gasteiger partial charge >= 0.3 is 5.97 Å². The molecular formula is C4H6O4. The zero-order valence-electron chi connectivity index (χ0n) is 4.07. The number of rotatable bonds is 0. The second-order valence-electron chi connectivity index (χ2n) is 1.64. The first-order valence-corrected chi connectivity index (χ1v) is 2.24. The second-order valence-corrected chi connectivity index (χ2v) is 1.64. The lowest BCUT2D eigenvalue weighted by molar-refractivity contribution is -0.145. The number of hydrogen-bond donors (Lipinski definition) is 2. The van der Waals surface area contributed by atoms with E-state index in [0.717, 1.165) is 0 Å². The van der Waals surface area contributed by atoms with Crippen LogP contribution in [0.25, 0.3) is 0 Å². The zero-order chi connectivity index (χ0) is 6.15. The number of hydrogen-bond acceptors (Lipinski definition) is 4. The third-order valence-corrected chi connectivity index (χ3v) is 1.00. The van der Waals surface area contributed by atoms with Crippen LogP contribution in [-0.4, -0.2) is 35.0 Å². The van der Waals surface area contributed by atoms with Gasteiger partial charge in [-0.15, -0.1) is 0 Å². The summed E-state index contributed by atoms with van der Waals surface area (Å²) >= 11 is 0. The van der Waals surface area contributed by atoms with E-state index in [4.69, 9.17) is 10.2 Å². The number of cyclic esters (lactones) is 1. The number of ether oxygens (including phenoxy) is 1. The molecule has 1 aliphatic heterocycles. The van der Waals surface area contributed by atoms with Gasteiger partial charge in [0.2, 0.25) is 0 Å². The average Bonchev–Trinajstić information content (AvgIpc) is 1.98. The third-order valence-electron chi connectivity index (χ3n) is 1.00. The molecule has 8 heavy (non-hydrogen) atoms. The van der Waals surface area contributed by atoms with Gasteiger partial charge in [0, 0.05) is 0 Å². The van der Waals surface area contributed by atoms with Crippen LogP contribution in [-0.2, 0) is 9.53 Å². The monoisotopic (exact) mass is 118 g/mol. The van der Waals surface area contributed by atoms with Crippen molar-refractivity contribution in [2.45, 2.75) is 12.2 Å². The summed E-state index contributed by atoms with van der Waals surface area (Å²) < 4.78 is 4.24. The SMILES string of the molecule is O=C1OC[C@@H](O)[C@H]1O. The van der Waals surface area contributed by atoms with Crippen molar-refractivity contribution in [3.8, 4) is 0 Å². The van der Waals surface area contributed by atoms with Crippen LogP contribution in [0.5, 0.6) is 0 Å². The summed E-state index contributed by atoms with van der Waals surface area (Å²) in [5.74, 6) is -0.738. The van der Waals surface area contributed by atoms with E-state index in [1.807, 2.05) is 0 Å². The third kappa shape index (κ3) is 0.677. The molecule has 0 aromatic carbocycles. The van der Waals surface area contributed by atoms with Crippen LogP contribution in [0.1, 0.15) is 0 Å². The first kappa shape index (κ1) is 5.53. The molecule has 0 aromatic heterocycles. The Labute approximate surface area is 45.7 Å². The van der Waals surface area contributed by atoms with Gasteiger partial charge in [0.15, 0.2) is 6.10 Å². The Morgan fingerprint density at radius 1 is 1.62 bits per heavy atom. The first-order valence-electron chi connectivity index (χ1n) is 2.24. The van der Waals surface area contributed by atoms with Gasteiger partial charge in [-0.25, -0.2) is 4.79 Å². The lowest BCUT2D eigenvalue weighted by Crippen LogP contribution is -2.25. The zero-order valence-corrected chi connectivity index (χ0v) is 4.07. The summed E-state index contributed by atoms with van der Waals surface area (Å²) in [7, 11) is 0. The molecular weight excluding hydrogens is 112 g/mol. The molecule has 1 heterocycles. The van der Waals surface area contributed by atoms with Crippen LogP contribution in [0.3, 0.4) is 0 Å². The van der Waals surface area contributed by atoms with Crippen LogP contribution < -0.4 is 0 Å². The Morgan fingerprint density at radius 2 is 2.25 bits per heavy atom. The molecule has 1 rings (SSSR count). The predicted octanol–water partition coefficient (Wildman–Crippen LogP) is -1.74. The Bertz CT molecular complexity index is 111. The number of aliphatic hydroxyl groups is 2. The molecule has 4 nitrogen and oxygen atoms in total. The predicted molar refractivity (Wildman–Crippen MR) is 23.0 cm³/mol. The topological polar surface area (TPSA) is 66.8 Å². The van der Waals surface area contributed by atoms with E-state index in [0.29, 0.717) is 0 Å². The molecule has 1 fully saturated rings. The van der Waals surface area contributed by atoms with E-state index in [1.165, 1.54) is 0 Å². The maximum atomic E-state index is 10.2. The van der Waals surface area contributed by atoms with Crippen molar-refractivity contribution in [2.75, 3.05) is 6.61 Å². The summed E-state index contributed by atoms with van der Waals surface area (Å²) in [5.41, 5.74) is 0. The van der Waals surface area contributed by atoms with E-state index in [9.17, 15) is 4.79 Å². The minimum absolute atomic E-state index is 0.0833. The minimum atomic E-state index is -1.32. The molecule has 4 heteroatoms. The maximum Gasteiger partial charge on any atom is 0.337 e. The molecule has 2 atom stereocenters. The van der Waals surface area contributed by atoms with E-state index in [2.05, 4.69) is 4.74 Å². The van der Waals surface area contributed by atoms with Gasteiger partial charge in [-0.3, -0.25) is 0 Å². The highest BCUT2D eigenvalue weighted by Gasteiger charge is 2.33. The molecule has 1 aliphatic rings. The standard InChI is InChI=1S/C4H6O4/c5-2-1-8-4(7)3(2)6/h2-3,5-6H,1H2/t2-,3-/m1/s1. The molecule has 0 radical (unpaired) electrons. The van der Waals surface area contributed by atoms with Gasteiger partial charge in [-0.05, 0) is 0 Å². The number of carbonyl (C=O) groups is 1. The Kier molecular flexibility index (Phi) is 1.19. The van der Waals surface area contributed by atoms with Crippen molar-refractivity contribution in [1.82, 2.24) is 0 Å². The first-order chi connectivity index (χ1) is 3.72. The maximum absolute atomic E-state index is 10.2. The van der Waals surface area contributed by atoms with Crippen molar-refractivity contribution < 1.29 is 19.7 Å². The van der Waals surface area contributed by atoms with Crippen molar-refractivity contribution in [1.29, 1.82) is 0 Å². The number of carbonyl (C=O) groups excluding carboxylic acids is 1. The minimum Gasteiger partial charge on any atom is -0.461 e. The average molecular weight is 118 g/mol. The van der Waals surface area contributed by atoms with Gasteiger partial charge < -0.3 is 14.9 Å². The van der Waals surface area contributed by atoms with Crippen LogP contribution in [0.2, 0.25) is 0 Å². The van der Waals surface area contributed by atoms with Gasteiger partial charge in [0.05, 0.1) is 0 Å². The van der Waals surface area contributed by atoms with Crippen molar-refractivity contribution >= 4 is 5.97 Å². The molecule has 0 saturated carbocycles. The Morgan fingerprint density at radius 3 is 2.38 bits per heavy atom. The van der Waals surface area contributed by atoms with Crippen molar-refractivity contribution in [3.63, 3.8) is 0 Å². The number of aliphatic hydroxyl groups excluding tert-OH is 2. The van der Waals surface area contributed by atoms with Gasteiger partial charge in [-0.2, -0.15) is 0 Å². The summed E-state index contributed by atoms with van der Waals surface area (Å²) in [6.07, 6.45) is -2.35. The molecule has 1 saturated heterocycles. The molecule has 2 N–H and O–H groups in total. The summed E-state index contributed by atoms with van der Waals surface area (Å²) in [6.45, 7) is -0.0833. The van der Waals surface area contributed by atoms with Crippen molar-refractivity contribution in [2.24, 2.45) is 0 Å². The molecule has 0 bridgehead atoms. The number of esters is 1. The summed E-state index contributed by atoms with van der Waals surface area (Å²) in [5, 5.41) is 17.1. The van der Waals surface area contributed by atoms with Crippen molar-refractivity contribution in [3.05, 3.63) is 0 Å². The quantitative estimate of drug-likeness (QED) is 0.371. The van der Waals surface area contributed by atoms with E-state index in [1.54, 1.807) is 0 Å². The molecule has 0 aliphatic carbocycles.